The van der Waals surface area contributed by atoms with Crippen LogP contribution in [0.25, 0.3) is 0 Å². The van der Waals surface area contributed by atoms with Crippen LogP contribution in [-0.4, -0.2) is 34.5 Å². The summed E-state index contributed by atoms with van der Waals surface area (Å²) in [6, 6.07) is -0.290. The second kappa shape index (κ2) is 8.59. The van der Waals surface area contributed by atoms with E-state index in [1.165, 1.54) is 0 Å². The van der Waals surface area contributed by atoms with Crippen molar-refractivity contribution in [2.75, 3.05) is 11.5 Å². The van der Waals surface area contributed by atoms with Gasteiger partial charge in [-0.15, -0.1) is 0 Å². The second-order valence-corrected chi connectivity index (χ2v) is 4.58. The van der Waals surface area contributed by atoms with Gasteiger partial charge in [0.25, 0.3) is 0 Å². The van der Waals surface area contributed by atoms with Crippen molar-refractivity contribution in [2.45, 2.75) is 39.2 Å². The number of carboxylic acid groups (broad SMARTS) is 1. The summed E-state index contributed by atoms with van der Waals surface area (Å²) in [5.74, 6) is 0.438. The summed E-state index contributed by atoms with van der Waals surface area (Å²) in [4.78, 5) is 21.6. The number of aliphatic carboxylic acids is 1. The molecule has 0 fully saturated rings. The first kappa shape index (κ1) is 14.3. The molecule has 0 bridgehead atoms. The van der Waals surface area contributed by atoms with Crippen LogP contribution in [0.3, 0.4) is 0 Å². The van der Waals surface area contributed by atoms with E-state index >= 15 is 0 Å². The molecule has 0 aromatic heterocycles. The van der Waals surface area contributed by atoms with Gasteiger partial charge in [0.15, 0.2) is 0 Å². The van der Waals surface area contributed by atoms with E-state index < -0.39 is 5.97 Å². The topological polar surface area (TPSA) is 66.4 Å². The van der Waals surface area contributed by atoms with Gasteiger partial charge < -0.3 is 10.4 Å². The highest BCUT2D eigenvalue weighted by Gasteiger charge is 2.10. The van der Waals surface area contributed by atoms with Gasteiger partial charge in [0, 0.05) is 6.04 Å². The van der Waals surface area contributed by atoms with Gasteiger partial charge in [0.2, 0.25) is 5.91 Å². The van der Waals surface area contributed by atoms with Gasteiger partial charge >= 0.3 is 5.97 Å². The first-order chi connectivity index (χ1) is 7.06. The van der Waals surface area contributed by atoms with Gasteiger partial charge in [-0.05, 0) is 19.1 Å². The van der Waals surface area contributed by atoms with Gasteiger partial charge in [-0.3, -0.25) is 9.59 Å². The Morgan fingerprint density at radius 3 is 2.67 bits per heavy atom. The van der Waals surface area contributed by atoms with Gasteiger partial charge in [-0.25, -0.2) is 0 Å². The molecule has 0 saturated heterocycles. The van der Waals surface area contributed by atoms with Crippen LogP contribution < -0.4 is 5.32 Å². The SMILES string of the molecule is CCCCSCC(=O)NC(C)CC(=O)O. The summed E-state index contributed by atoms with van der Waals surface area (Å²) in [6.45, 7) is 3.80. The molecule has 0 saturated carbocycles. The predicted octanol–water partition coefficient (Wildman–Crippen LogP) is 1.50. The molecule has 0 rings (SSSR count). The molecule has 0 spiro atoms. The molecule has 1 amide bonds. The molecule has 5 heteroatoms. The van der Waals surface area contributed by atoms with E-state index in [9.17, 15) is 9.59 Å². The van der Waals surface area contributed by atoms with Crippen LogP contribution in [0.15, 0.2) is 0 Å². The van der Waals surface area contributed by atoms with Crippen molar-refractivity contribution in [3.8, 4) is 0 Å². The molecular formula is C10H19NO3S. The summed E-state index contributed by atoms with van der Waals surface area (Å²) in [5.41, 5.74) is 0. The van der Waals surface area contributed by atoms with Crippen molar-refractivity contribution in [2.24, 2.45) is 0 Å². The largest absolute Gasteiger partial charge is 0.481 e. The maximum atomic E-state index is 11.3. The summed E-state index contributed by atoms with van der Waals surface area (Å²) >= 11 is 1.59. The normalized spacial score (nSPS) is 12.1. The van der Waals surface area contributed by atoms with Gasteiger partial charge in [0.05, 0.1) is 12.2 Å². The van der Waals surface area contributed by atoms with E-state index in [4.69, 9.17) is 5.11 Å². The number of hydrogen-bond donors (Lipinski definition) is 2. The Labute approximate surface area is 94.8 Å². The minimum atomic E-state index is -0.888. The fourth-order valence-corrected chi connectivity index (χ4v) is 1.95. The lowest BCUT2D eigenvalue weighted by molar-refractivity contribution is -0.137. The lowest BCUT2D eigenvalue weighted by Gasteiger charge is -2.10. The Bertz CT molecular complexity index is 209. The number of rotatable bonds is 8. The zero-order valence-electron chi connectivity index (χ0n) is 9.28. The third-order valence-electron chi connectivity index (χ3n) is 1.76. The molecule has 0 aliphatic rings. The minimum Gasteiger partial charge on any atom is -0.481 e. The Hall–Kier alpha value is -0.710. The van der Waals surface area contributed by atoms with Crippen LogP contribution in [0.2, 0.25) is 0 Å². The molecule has 1 atom stereocenters. The first-order valence-corrected chi connectivity index (χ1v) is 6.30. The Balaban J connectivity index is 3.51. The van der Waals surface area contributed by atoms with Crippen molar-refractivity contribution in [3.05, 3.63) is 0 Å². The van der Waals surface area contributed by atoms with Crippen LogP contribution in [0.5, 0.6) is 0 Å². The quantitative estimate of drug-likeness (QED) is 0.623. The Morgan fingerprint density at radius 1 is 1.47 bits per heavy atom. The molecule has 88 valence electrons. The molecule has 0 aromatic rings. The molecule has 15 heavy (non-hydrogen) atoms. The summed E-state index contributed by atoms with van der Waals surface area (Å²) in [6.07, 6.45) is 2.22. The van der Waals surface area contributed by atoms with Gasteiger partial charge in [0.1, 0.15) is 0 Å². The number of amides is 1. The molecule has 0 aliphatic heterocycles. The number of hydrogen-bond acceptors (Lipinski definition) is 3. The van der Waals surface area contributed by atoms with Crippen LogP contribution >= 0.6 is 11.8 Å². The van der Waals surface area contributed by atoms with E-state index in [0.29, 0.717) is 5.75 Å². The van der Waals surface area contributed by atoms with Crippen molar-refractivity contribution in [1.82, 2.24) is 5.32 Å². The summed E-state index contributed by atoms with van der Waals surface area (Å²) in [5, 5.41) is 11.1. The zero-order chi connectivity index (χ0) is 11.7. The number of thioether (sulfide) groups is 1. The van der Waals surface area contributed by atoms with Crippen LogP contribution in [0, 0.1) is 0 Å². The molecule has 0 aliphatic carbocycles. The highest BCUT2D eigenvalue weighted by atomic mass is 32.2. The molecule has 0 radical (unpaired) electrons. The molecule has 0 aromatic carbocycles. The maximum Gasteiger partial charge on any atom is 0.305 e. The lowest BCUT2D eigenvalue weighted by Crippen LogP contribution is -2.35. The third kappa shape index (κ3) is 9.59. The zero-order valence-corrected chi connectivity index (χ0v) is 10.1. The molecular weight excluding hydrogens is 214 g/mol. The van der Waals surface area contributed by atoms with Gasteiger partial charge in [-0.1, -0.05) is 13.3 Å². The van der Waals surface area contributed by atoms with Crippen molar-refractivity contribution < 1.29 is 14.7 Å². The summed E-state index contributed by atoms with van der Waals surface area (Å²) in [7, 11) is 0. The monoisotopic (exact) mass is 233 g/mol. The van der Waals surface area contributed by atoms with E-state index in [2.05, 4.69) is 12.2 Å². The van der Waals surface area contributed by atoms with Crippen molar-refractivity contribution >= 4 is 23.6 Å². The van der Waals surface area contributed by atoms with Gasteiger partial charge in [-0.2, -0.15) is 11.8 Å². The minimum absolute atomic E-state index is 0.0225. The third-order valence-corrected chi connectivity index (χ3v) is 2.81. The molecule has 2 N–H and O–H groups in total. The standard InChI is InChI=1S/C10H19NO3S/c1-3-4-5-15-7-9(12)11-8(2)6-10(13)14/h8H,3-7H2,1-2H3,(H,11,12)(H,13,14). The fraction of sp³-hybridized carbons (Fsp3) is 0.800. The van der Waals surface area contributed by atoms with Crippen molar-refractivity contribution in [3.63, 3.8) is 0 Å². The van der Waals surface area contributed by atoms with E-state index in [-0.39, 0.29) is 18.4 Å². The highest BCUT2D eigenvalue weighted by Crippen LogP contribution is 2.04. The highest BCUT2D eigenvalue weighted by molar-refractivity contribution is 7.99. The molecule has 4 nitrogen and oxygen atoms in total. The predicted molar refractivity (Wildman–Crippen MR) is 62.1 cm³/mol. The summed E-state index contributed by atoms with van der Waals surface area (Å²) < 4.78 is 0. The van der Waals surface area contributed by atoms with Crippen LogP contribution in [-0.2, 0) is 9.59 Å². The number of nitrogens with one attached hydrogen (secondary N) is 1. The van der Waals surface area contributed by atoms with Crippen LogP contribution in [0.4, 0.5) is 0 Å². The smallest absolute Gasteiger partial charge is 0.305 e. The number of carboxylic acids is 1. The number of carbonyl (C=O) groups excluding carboxylic acids is 1. The Kier molecular flexibility index (Phi) is 8.18. The van der Waals surface area contributed by atoms with E-state index in [1.807, 2.05) is 0 Å². The fourth-order valence-electron chi connectivity index (χ4n) is 1.04. The maximum absolute atomic E-state index is 11.3. The second-order valence-electron chi connectivity index (χ2n) is 3.47. The molecule has 1 unspecified atom stereocenters. The Morgan fingerprint density at radius 2 is 2.13 bits per heavy atom. The number of carbonyl (C=O) groups is 2. The first-order valence-electron chi connectivity index (χ1n) is 5.15. The lowest BCUT2D eigenvalue weighted by atomic mass is 10.2. The van der Waals surface area contributed by atoms with E-state index in [1.54, 1.807) is 18.7 Å². The van der Waals surface area contributed by atoms with Crippen LogP contribution in [0.1, 0.15) is 33.1 Å². The average molecular weight is 233 g/mol. The molecule has 0 heterocycles. The number of unbranched alkanes of at least 4 members (excludes halogenated alkanes) is 1. The van der Waals surface area contributed by atoms with E-state index in [0.717, 1.165) is 18.6 Å². The van der Waals surface area contributed by atoms with Crippen molar-refractivity contribution in [1.29, 1.82) is 0 Å². The average Bonchev–Trinajstić information content (AvgIpc) is 2.10.